The average molecular weight is 298 g/mol. The van der Waals surface area contributed by atoms with E-state index < -0.39 is 23.3 Å². The molecule has 0 amide bonds. The number of halogens is 3. The monoisotopic (exact) mass is 298 g/mol. The minimum absolute atomic E-state index is 0.0102. The number of nitrogens with one attached hydrogen (secondary N) is 1. The lowest BCUT2D eigenvalue weighted by molar-refractivity contribution is -0.137. The minimum atomic E-state index is -4.43. The van der Waals surface area contributed by atoms with Gasteiger partial charge in [0.25, 0.3) is 5.56 Å². The summed E-state index contributed by atoms with van der Waals surface area (Å²) in [5, 5.41) is 14.2. The number of carbonyl (C=O) groups is 1. The van der Waals surface area contributed by atoms with Gasteiger partial charge in [-0.2, -0.15) is 18.3 Å². The van der Waals surface area contributed by atoms with Gasteiger partial charge in [0.1, 0.15) is 0 Å². The van der Waals surface area contributed by atoms with Crippen LogP contribution >= 0.6 is 0 Å². The lowest BCUT2D eigenvalue weighted by Gasteiger charge is -2.07. The lowest BCUT2D eigenvalue weighted by atomic mass is 10.0. The highest BCUT2D eigenvalue weighted by molar-refractivity contribution is 5.85. The van der Waals surface area contributed by atoms with Crippen LogP contribution in [-0.2, 0) is 12.6 Å². The van der Waals surface area contributed by atoms with Crippen molar-refractivity contribution in [3.8, 4) is 0 Å². The molecule has 0 atom stereocenters. The fourth-order valence-electron chi connectivity index (χ4n) is 1.72. The molecule has 0 aliphatic heterocycles. The second kappa shape index (κ2) is 5.39. The van der Waals surface area contributed by atoms with Crippen molar-refractivity contribution in [1.82, 2.24) is 10.2 Å². The Balaban J connectivity index is 2.28. The molecule has 0 radical (unpaired) electrons. The van der Waals surface area contributed by atoms with Gasteiger partial charge in [-0.3, -0.25) is 4.79 Å². The third-order valence-corrected chi connectivity index (χ3v) is 2.78. The number of carboxylic acid groups (broad SMARTS) is 1. The van der Waals surface area contributed by atoms with Crippen molar-refractivity contribution in [3.05, 3.63) is 63.1 Å². The number of rotatable bonds is 3. The third kappa shape index (κ3) is 3.47. The number of H-pyrrole nitrogens is 1. The summed E-state index contributed by atoms with van der Waals surface area (Å²) in [6.07, 6.45) is -4.42. The van der Waals surface area contributed by atoms with Gasteiger partial charge in [-0.1, -0.05) is 12.1 Å². The Morgan fingerprint density at radius 1 is 1.24 bits per heavy atom. The van der Waals surface area contributed by atoms with E-state index in [-0.39, 0.29) is 17.7 Å². The molecule has 0 fully saturated rings. The Morgan fingerprint density at radius 2 is 1.86 bits per heavy atom. The number of nitrogens with zero attached hydrogens (tertiary/aromatic N) is 1. The molecule has 5 nitrogen and oxygen atoms in total. The Labute approximate surface area is 116 Å². The fraction of sp³-hybridized carbons (Fsp3) is 0.154. The van der Waals surface area contributed by atoms with E-state index in [4.69, 9.17) is 5.11 Å². The Hall–Kier alpha value is -2.64. The smallest absolute Gasteiger partial charge is 0.416 e. The zero-order chi connectivity index (χ0) is 15.6. The molecule has 0 unspecified atom stereocenters. The van der Waals surface area contributed by atoms with Crippen LogP contribution in [0.1, 0.15) is 27.2 Å². The van der Waals surface area contributed by atoms with Crippen LogP contribution in [-0.4, -0.2) is 21.3 Å². The topological polar surface area (TPSA) is 83.0 Å². The molecular formula is C13H9F3N2O3. The summed E-state index contributed by atoms with van der Waals surface area (Å²) in [6, 6.07) is 5.39. The maximum absolute atomic E-state index is 12.4. The van der Waals surface area contributed by atoms with Crippen molar-refractivity contribution in [2.24, 2.45) is 0 Å². The van der Waals surface area contributed by atoms with E-state index in [0.717, 1.165) is 18.2 Å². The summed E-state index contributed by atoms with van der Waals surface area (Å²) < 4.78 is 37.3. The second-order valence-electron chi connectivity index (χ2n) is 4.28. The quantitative estimate of drug-likeness (QED) is 0.908. The van der Waals surface area contributed by atoms with Gasteiger partial charge >= 0.3 is 12.1 Å². The molecule has 110 valence electrons. The molecule has 8 heteroatoms. The number of aromatic amines is 1. The summed E-state index contributed by atoms with van der Waals surface area (Å²) in [7, 11) is 0. The molecule has 0 aliphatic carbocycles. The molecule has 21 heavy (non-hydrogen) atoms. The van der Waals surface area contributed by atoms with Gasteiger partial charge < -0.3 is 5.11 Å². The molecule has 0 saturated heterocycles. The van der Waals surface area contributed by atoms with Crippen molar-refractivity contribution in [2.75, 3.05) is 0 Å². The zero-order valence-electron chi connectivity index (χ0n) is 10.4. The predicted molar refractivity (Wildman–Crippen MR) is 66.1 cm³/mol. The van der Waals surface area contributed by atoms with Crippen LogP contribution in [0.3, 0.4) is 0 Å². The van der Waals surface area contributed by atoms with E-state index in [1.165, 1.54) is 12.1 Å². The number of carboxylic acids is 1. The van der Waals surface area contributed by atoms with Crippen molar-refractivity contribution < 1.29 is 23.1 Å². The fourth-order valence-corrected chi connectivity index (χ4v) is 1.72. The van der Waals surface area contributed by atoms with Crippen LogP contribution in [0.15, 0.2) is 35.1 Å². The van der Waals surface area contributed by atoms with E-state index in [2.05, 4.69) is 5.10 Å². The number of aromatic nitrogens is 2. The van der Waals surface area contributed by atoms with Gasteiger partial charge in [-0.05, 0) is 23.8 Å². The summed E-state index contributed by atoms with van der Waals surface area (Å²) in [5.74, 6) is -1.31. The molecule has 1 heterocycles. The second-order valence-corrected chi connectivity index (χ2v) is 4.28. The molecule has 2 N–H and O–H groups in total. The predicted octanol–water partition coefficient (Wildman–Crippen LogP) is 2.08. The van der Waals surface area contributed by atoms with Gasteiger partial charge in [0.2, 0.25) is 0 Å². The zero-order valence-corrected chi connectivity index (χ0v) is 10.4. The first-order valence-corrected chi connectivity index (χ1v) is 5.75. The molecule has 0 saturated carbocycles. The standard InChI is InChI=1S/C13H9F3N2O3/c14-13(15,16)9-3-1-7(2-4-9)5-8-6-10(12(20)21)17-18-11(8)19/h1-4,6H,5H2,(H,18,19)(H,20,21). The molecule has 0 spiro atoms. The van der Waals surface area contributed by atoms with E-state index in [1.54, 1.807) is 0 Å². The van der Waals surface area contributed by atoms with Crippen molar-refractivity contribution >= 4 is 5.97 Å². The Kier molecular flexibility index (Phi) is 3.79. The highest BCUT2D eigenvalue weighted by atomic mass is 19.4. The summed E-state index contributed by atoms with van der Waals surface area (Å²) >= 11 is 0. The number of alkyl halides is 3. The number of hydrogen-bond acceptors (Lipinski definition) is 3. The van der Waals surface area contributed by atoms with Gasteiger partial charge in [0, 0.05) is 12.0 Å². The van der Waals surface area contributed by atoms with Crippen LogP contribution in [0.25, 0.3) is 0 Å². The van der Waals surface area contributed by atoms with E-state index >= 15 is 0 Å². The first-order valence-electron chi connectivity index (χ1n) is 5.75. The van der Waals surface area contributed by atoms with Crippen molar-refractivity contribution in [3.63, 3.8) is 0 Å². The molecule has 1 aromatic heterocycles. The van der Waals surface area contributed by atoms with Crippen LogP contribution in [0.4, 0.5) is 13.2 Å². The van der Waals surface area contributed by atoms with Gasteiger partial charge in [0.05, 0.1) is 5.56 Å². The third-order valence-electron chi connectivity index (χ3n) is 2.78. The average Bonchev–Trinajstić information content (AvgIpc) is 2.40. The Bertz CT molecular complexity index is 721. The van der Waals surface area contributed by atoms with Gasteiger partial charge in [-0.25, -0.2) is 9.89 Å². The summed E-state index contributed by atoms with van der Waals surface area (Å²) in [5.41, 5.74) is -1.14. The summed E-state index contributed by atoms with van der Waals surface area (Å²) in [4.78, 5) is 22.3. The van der Waals surface area contributed by atoms with E-state index in [1.807, 2.05) is 5.10 Å². The summed E-state index contributed by atoms with van der Waals surface area (Å²) in [6.45, 7) is 0. The highest BCUT2D eigenvalue weighted by Gasteiger charge is 2.29. The van der Waals surface area contributed by atoms with E-state index in [9.17, 15) is 22.8 Å². The largest absolute Gasteiger partial charge is 0.476 e. The molecule has 1 aromatic carbocycles. The first kappa shape index (κ1) is 14.8. The molecule has 0 bridgehead atoms. The van der Waals surface area contributed by atoms with Crippen LogP contribution in [0.5, 0.6) is 0 Å². The first-order chi connectivity index (χ1) is 9.77. The normalized spacial score (nSPS) is 11.4. The number of hydrogen-bond donors (Lipinski definition) is 2. The van der Waals surface area contributed by atoms with Crippen LogP contribution in [0, 0.1) is 0 Å². The maximum Gasteiger partial charge on any atom is 0.416 e. The molecule has 2 rings (SSSR count). The number of benzene rings is 1. The Morgan fingerprint density at radius 3 is 2.38 bits per heavy atom. The molecular weight excluding hydrogens is 289 g/mol. The number of aromatic carboxylic acids is 1. The van der Waals surface area contributed by atoms with Crippen LogP contribution < -0.4 is 5.56 Å². The lowest BCUT2D eigenvalue weighted by Crippen LogP contribution is -2.18. The maximum atomic E-state index is 12.4. The van der Waals surface area contributed by atoms with Crippen molar-refractivity contribution in [1.29, 1.82) is 0 Å². The van der Waals surface area contributed by atoms with Crippen LogP contribution in [0.2, 0.25) is 0 Å². The van der Waals surface area contributed by atoms with E-state index in [0.29, 0.717) is 5.56 Å². The SMILES string of the molecule is O=C(O)c1cc(Cc2ccc(C(F)(F)F)cc2)c(=O)[nH]n1. The van der Waals surface area contributed by atoms with Crippen molar-refractivity contribution in [2.45, 2.75) is 12.6 Å². The minimum Gasteiger partial charge on any atom is -0.476 e. The highest BCUT2D eigenvalue weighted by Crippen LogP contribution is 2.29. The molecule has 0 aliphatic rings. The van der Waals surface area contributed by atoms with Gasteiger partial charge in [-0.15, -0.1) is 0 Å². The van der Waals surface area contributed by atoms with Gasteiger partial charge in [0.15, 0.2) is 5.69 Å². The molecule has 2 aromatic rings.